The van der Waals surface area contributed by atoms with Crippen molar-refractivity contribution in [2.75, 3.05) is 6.54 Å². The number of nitrogens with one attached hydrogen (secondary N) is 1. The fourth-order valence-electron chi connectivity index (χ4n) is 1.94. The molecule has 0 unspecified atom stereocenters. The van der Waals surface area contributed by atoms with E-state index in [1.807, 2.05) is 45.0 Å². The Hall–Kier alpha value is -1.88. The standard InChI is InChI=1S/C15H18N2O2S/c1-4-17-14(18)13(16-15(17)20)9-11-5-7-12(8-6-11)19-10(2)3/h5-10H,4H2,1-3H3,(H,16,20)/b13-9+. The van der Waals surface area contributed by atoms with Crippen molar-refractivity contribution < 1.29 is 9.53 Å². The van der Waals surface area contributed by atoms with Gasteiger partial charge in [0.15, 0.2) is 5.11 Å². The second kappa shape index (κ2) is 6.05. The van der Waals surface area contributed by atoms with Gasteiger partial charge in [0.2, 0.25) is 0 Å². The number of ether oxygens (including phenoxy) is 1. The molecular weight excluding hydrogens is 272 g/mol. The first-order valence-electron chi connectivity index (χ1n) is 6.62. The van der Waals surface area contributed by atoms with Crippen LogP contribution >= 0.6 is 12.2 Å². The number of nitrogens with zero attached hydrogens (tertiary/aromatic N) is 1. The minimum Gasteiger partial charge on any atom is -0.491 e. The molecule has 0 aromatic heterocycles. The smallest absolute Gasteiger partial charge is 0.276 e. The zero-order valence-electron chi connectivity index (χ0n) is 11.8. The maximum atomic E-state index is 12.0. The number of hydrogen-bond acceptors (Lipinski definition) is 3. The maximum absolute atomic E-state index is 12.0. The van der Waals surface area contributed by atoms with Crippen molar-refractivity contribution >= 4 is 29.3 Å². The van der Waals surface area contributed by atoms with Crippen LogP contribution in [0.15, 0.2) is 30.0 Å². The van der Waals surface area contributed by atoms with Crippen molar-refractivity contribution in [3.05, 3.63) is 35.5 Å². The number of hydrogen-bond donors (Lipinski definition) is 1. The zero-order valence-corrected chi connectivity index (χ0v) is 12.7. The Bertz CT molecular complexity index is 549. The molecule has 1 aromatic carbocycles. The van der Waals surface area contributed by atoms with Crippen LogP contribution in [-0.2, 0) is 4.79 Å². The molecule has 0 saturated carbocycles. The van der Waals surface area contributed by atoms with Crippen molar-refractivity contribution in [3.8, 4) is 5.75 Å². The molecule has 1 N–H and O–H groups in total. The molecule has 1 amide bonds. The van der Waals surface area contributed by atoms with E-state index in [4.69, 9.17) is 17.0 Å². The number of rotatable bonds is 4. The molecule has 1 saturated heterocycles. The van der Waals surface area contributed by atoms with Gasteiger partial charge in [-0.2, -0.15) is 0 Å². The number of benzene rings is 1. The van der Waals surface area contributed by atoms with Crippen molar-refractivity contribution in [3.63, 3.8) is 0 Å². The highest BCUT2D eigenvalue weighted by molar-refractivity contribution is 7.80. The van der Waals surface area contributed by atoms with Crippen molar-refractivity contribution in [1.82, 2.24) is 10.2 Å². The van der Waals surface area contributed by atoms with Gasteiger partial charge in [-0.25, -0.2) is 0 Å². The van der Waals surface area contributed by atoms with Gasteiger partial charge in [-0.3, -0.25) is 9.69 Å². The number of carbonyl (C=O) groups excluding carboxylic acids is 1. The summed E-state index contributed by atoms with van der Waals surface area (Å²) in [6.45, 7) is 6.44. The summed E-state index contributed by atoms with van der Waals surface area (Å²) in [5, 5.41) is 3.40. The third kappa shape index (κ3) is 3.17. The van der Waals surface area contributed by atoms with Gasteiger partial charge in [-0.1, -0.05) is 12.1 Å². The lowest BCUT2D eigenvalue weighted by molar-refractivity contribution is -0.122. The molecule has 0 bridgehead atoms. The van der Waals surface area contributed by atoms with Gasteiger partial charge in [0.05, 0.1) is 6.10 Å². The predicted molar refractivity (Wildman–Crippen MR) is 83.3 cm³/mol. The molecule has 1 heterocycles. The highest BCUT2D eigenvalue weighted by Gasteiger charge is 2.28. The molecule has 4 nitrogen and oxygen atoms in total. The molecule has 1 aliphatic rings. The molecule has 106 valence electrons. The van der Waals surface area contributed by atoms with E-state index in [1.54, 1.807) is 6.08 Å². The average Bonchev–Trinajstić information content (AvgIpc) is 2.66. The Labute approximate surface area is 124 Å². The summed E-state index contributed by atoms with van der Waals surface area (Å²) in [5.41, 5.74) is 1.44. The van der Waals surface area contributed by atoms with Crippen LogP contribution < -0.4 is 10.1 Å². The summed E-state index contributed by atoms with van der Waals surface area (Å²) in [4.78, 5) is 13.6. The molecule has 0 aliphatic carbocycles. The van der Waals surface area contributed by atoms with Gasteiger partial charge >= 0.3 is 0 Å². The van der Waals surface area contributed by atoms with Crippen LogP contribution in [0.4, 0.5) is 0 Å². The minimum atomic E-state index is -0.0833. The number of amides is 1. The van der Waals surface area contributed by atoms with Crippen molar-refractivity contribution in [1.29, 1.82) is 0 Å². The van der Waals surface area contributed by atoms with E-state index in [0.29, 0.717) is 17.4 Å². The van der Waals surface area contributed by atoms with Crippen LogP contribution in [0.25, 0.3) is 6.08 Å². The second-order valence-corrected chi connectivity index (χ2v) is 5.16. The molecular formula is C15H18N2O2S. The monoisotopic (exact) mass is 290 g/mol. The van der Waals surface area contributed by atoms with Crippen LogP contribution in [0.1, 0.15) is 26.3 Å². The molecule has 5 heteroatoms. The van der Waals surface area contributed by atoms with Gasteiger partial charge in [0.1, 0.15) is 11.4 Å². The third-order valence-corrected chi connectivity index (χ3v) is 3.16. The fourth-order valence-corrected chi connectivity index (χ4v) is 2.26. The first kappa shape index (κ1) is 14.5. The molecule has 1 aliphatic heterocycles. The minimum absolute atomic E-state index is 0.0833. The number of carbonyl (C=O) groups is 1. The van der Waals surface area contributed by atoms with Gasteiger partial charge in [0.25, 0.3) is 5.91 Å². The quantitative estimate of drug-likeness (QED) is 0.683. The van der Waals surface area contributed by atoms with Crippen LogP contribution in [-0.4, -0.2) is 28.6 Å². The molecule has 0 spiro atoms. The lowest BCUT2D eigenvalue weighted by atomic mass is 10.2. The van der Waals surface area contributed by atoms with E-state index >= 15 is 0 Å². The first-order chi connectivity index (χ1) is 9.51. The second-order valence-electron chi connectivity index (χ2n) is 4.77. The highest BCUT2D eigenvalue weighted by Crippen LogP contribution is 2.18. The van der Waals surface area contributed by atoms with Gasteiger partial charge in [-0.15, -0.1) is 0 Å². The summed E-state index contributed by atoms with van der Waals surface area (Å²) in [6.07, 6.45) is 1.94. The first-order valence-corrected chi connectivity index (χ1v) is 7.03. The predicted octanol–water partition coefficient (Wildman–Crippen LogP) is 2.55. The summed E-state index contributed by atoms with van der Waals surface area (Å²) in [7, 11) is 0. The fraction of sp³-hybridized carbons (Fsp3) is 0.333. The topological polar surface area (TPSA) is 41.6 Å². The summed E-state index contributed by atoms with van der Waals surface area (Å²) in [5.74, 6) is 0.735. The van der Waals surface area contributed by atoms with Gasteiger partial charge in [-0.05, 0) is 56.8 Å². The highest BCUT2D eigenvalue weighted by atomic mass is 32.1. The van der Waals surface area contributed by atoms with E-state index in [0.717, 1.165) is 11.3 Å². The Balaban J connectivity index is 2.15. The van der Waals surface area contributed by atoms with Crippen LogP contribution in [0.2, 0.25) is 0 Å². The Kier molecular flexibility index (Phi) is 4.39. The number of likely N-dealkylation sites (N-methyl/N-ethyl adjacent to an activating group) is 1. The summed E-state index contributed by atoms with van der Waals surface area (Å²) < 4.78 is 5.58. The Morgan fingerprint density at radius 3 is 2.50 bits per heavy atom. The normalized spacial score (nSPS) is 17.0. The SMILES string of the molecule is CCN1C(=O)/C(=C\c2ccc(OC(C)C)cc2)NC1=S. The number of thiocarbonyl (C=S) groups is 1. The molecule has 20 heavy (non-hydrogen) atoms. The molecule has 0 atom stereocenters. The van der Waals surface area contributed by atoms with E-state index in [-0.39, 0.29) is 12.0 Å². The lowest BCUT2D eigenvalue weighted by Gasteiger charge is -2.09. The lowest BCUT2D eigenvalue weighted by Crippen LogP contribution is -2.30. The molecule has 1 aromatic rings. The Morgan fingerprint density at radius 1 is 1.35 bits per heavy atom. The zero-order chi connectivity index (χ0) is 14.7. The van der Waals surface area contributed by atoms with E-state index in [9.17, 15) is 4.79 Å². The van der Waals surface area contributed by atoms with E-state index < -0.39 is 0 Å². The molecule has 1 fully saturated rings. The van der Waals surface area contributed by atoms with Gasteiger partial charge < -0.3 is 10.1 Å². The van der Waals surface area contributed by atoms with E-state index in [2.05, 4.69) is 5.32 Å². The molecule has 2 rings (SSSR count). The Morgan fingerprint density at radius 2 is 2.00 bits per heavy atom. The summed E-state index contributed by atoms with van der Waals surface area (Å²) >= 11 is 5.11. The van der Waals surface area contributed by atoms with Crippen LogP contribution in [0.5, 0.6) is 5.75 Å². The third-order valence-electron chi connectivity index (χ3n) is 2.84. The summed E-state index contributed by atoms with van der Waals surface area (Å²) in [6, 6.07) is 7.61. The van der Waals surface area contributed by atoms with Crippen molar-refractivity contribution in [2.24, 2.45) is 0 Å². The average molecular weight is 290 g/mol. The maximum Gasteiger partial charge on any atom is 0.276 e. The van der Waals surface area contributed by atoms with Gasteiger partial charge in [0, 0.05) is 6.54 Å². The largest absolute Gasteiger partial charge is 0.491 e. The van der Waals surface area contributed by atoms with Crippen LogP contribution in [0.3, 0.4) is 0 Å². The van der Waals surface area contributed by atoms with Crippen molar-refractivity contribution in [2.45, 2.75) is 26.9 Å². The van der Waals surface area contributed by atoms with E-state index in [1.165, 1.54) is 4.90 Å². The molecule has 0 radical (unpaired) electrons. The van der Waals surface area contributed by atoms with Crippen LogP contribution in [0, 0.1) is 0 Å².